The van der Waals surface area contributed by atoms with Gasteiger partial charge in [0.1, 0.15) is 5.82 Å². The molecule has 1 amide bonds. The Balaban J connectivity index is 2.19. The van der Waals surface area contributed by atoms with E-state index in [2.05, 4.69) is 6.92 Å². The van der Waals surface area contributed by atoms with Gasteiger partial charge in [0.2, 0.25) is 0 Å². The first kappa shape index (κ1) is 14.8. The Labute approximate surface area is 118 Å². The Kier molecular flexibility index (Phi) is 4.28. The number of methoxy groups -OCH3 is 1. The molecule has 110 valence electrons. The predicted octanol–water partition coefficient (Wildman–Crippen LogP) is 2.21. The van der Waals surface area contributed by atoms with Crippen LogP contribution in [0.2, 0.25) is 0 Å². The van der Waals surface area contributed by atoms with Crippen molar-refractivity contribution in [3.05, 3.63) is 29.1 Å². The third kappa shape index (κ3) is 2.77. The maximum Gasteiger partial charge on any atom is 0.254 e. The van der Waals surface area contributed by atoms with E-state index in [1.54, 1.807) is 25.0 Å². The summed E-state index contributed by atoms with van der Waals surface area (Å²) < 4.78 is 19.1. The van der Waals surface area contributed by atoms with Gasteiger partial charge < -0.3 is 15.4 Å². The number of benzene rings is 1. The smallest absolute Gasteiger partial charge is 0.254 e. The fourth-order valence-electron chi connectivity index (χ4n) is 2.53. The number of rotatable bonds is 2. The van der Waals surface area contributed by atoms with Crippen molar-refractivity contribution >= 4 is 11.6 Å². The second kappa shape index (κ2) is 5.79. The summed E-state index contributed by atoms with van der Waals surface area (Å²) in [6.07, 6.45) is 0.911. The number of halogens is 1. The van der Waals surface area contributed by atoms with Crippen LogP contribution in [0.5, 0.6) is 0 Å². The lowest BCUT2D eigenvalue weighted by Gasteiger charge is -2.36. The van der Waals surface area contributed by atoms with Crippen molar-refractivity contribution in [2.45, 2.75) is 26.4 Å². The molecule has 2 rings (SSSR count). The van der Waals surface area contributed by atoms with E-state index in [1.165, 1.54) is 6.07 Å². The Morgan fingerprint density at radius 1 is 1.50 bits per heavy atom. The average molecular weight is 280 g/mol. The van der Waals surface area contributed by atoms with Gasteiger partial charge in [-0.25, -0.2) is 4.39 Å². The third-order valence-electron chi connectivity index (χ3n) is 4.11. The van der Waals surface area contributed by atoms with E-state index in [4.69, 9.17) is 10.5 Å². The Bertz CT molecular complexity index is 496. The zero-order chi connectivity index (χ0) is 14.9. The summed E-state index contributed by atoms with van der Waals surface area (Å²) in [5.41, 5.74) is 6.72. The molecule has 0 radical (unpaired) electrons. The van der Waals surface area contributed by atoms with E-state index in [1.807, 2.05) is 0 Å². The highest BCUT2D eigenvalue weighted by atomic mass is 19.1. The summed E-state index contributed by atoms with van der Waals surface area (Å²) in [6, 6.07) is 2.80. The van der Waals surface area contributed by atoms with Gasteiger partial charge in [0, 0.05) is 37.0 Å². The van der Waals surface area contributed by atoms with Crippen LogP contribution in [-0.4, -0.2) is 37.1 Å². The molecule has 0 aromatic heterocycles. The predicted molar refractivity (Wildman–Crippen MR) is 76.0 cm³/mol. The zero-order valence-corrected chi connectivity index (χ0v) is 12.1. The quantitative estimate of drug-likeness (QED) is 0.845. The zero-order valence-electron chi connectivity index (χ0n) is 12.1. The number of hydrogen-bond donors (Lipinski definition) is 1. The largest absolute Gasteiger partial charge is 0.398 e. The number of likely N-dealkylation sites (tertiary alicyclic amines) is 1. The van der Waals surface area contributed by atoms with Crippen LogP contribution in [-0.2, 0) is 4.74 Å². The lowest BCUT2D eigenvalue weighted by molar-refractivity contribution is -0.00157. The van der Waals surface area contributed by atoms with Gasteiger partial charge in [-0.1, -0.05) is 6.92 Å². The topological polar surface area (TPSA) is 55.6 Å². The van der Waals surface area contributed by atoms with Crippen molar-refractivity contribution in [2.24, 2.45) is 5.92 Å². The van der Waals surface area contributed by atoms with Gasteiger partial charge in [-0.2, -0.15) is 0 Å². The number of hydrogen-bond acceptors (Lipinski definition) is 3. The number of nitrogen functional groups attached to an aromatic ring is 1. The highest BCUT2D eigenvalue weighted by Crippen LogP contribution is 2.23. The Morgan fingerprint density at radius 3 is 2.80 bits per heavy atom. The van der Waals surface area contributed by atoms with Crippen molar-refractivity contribution in [3.8, 4) is 0 Å². The molecule has 0 spiro atoms. The van der Waals surface area contributed by atoms with E-state index in [0.717, 1.165) is 6.42 Å². The van der Waals surface area contributed by atoms with E-state index in [-0.39, 0.29) is 12.0 Å². The highest BCUT2D eigenvalue weighted by Gasteiger charge is 2.29. The van der Waals surface area contributed by atoms with Crippen molar-refractivity contribution in [1.29, 1.82) is 0 Å². The van der Waals surface area contributed by atoms with Crippen molar-refractivity contribution in [1.82, 2.24) is 4.90 Å². The lowest BCUT2D eigenvalue weighted by Crippen LogP contribution is -2.46. The second-order valence-corrected chi connectivity index (χ2v) is 5.46. The van der Waals surface area contributed by atoms with Crippen LogP contribution < -0.4 is 5.73 Å². The Morgan fingerprint density at radius 2 is 2.20 bits per heavy atom. The molecule has 0 bridgehead atoms. The van der Waals surface area contributed by atoms with E-state index in [9.17, 15) is 9.18 Å². The van der Waals surface area contributed by atoms with Crippen molar-refractivity contribution in [2.75, 3.05) is 25.9 Å². The molecular weight excluding hydrogens is 259 g/mol. The molecule has 2 N–H and O–H groups in total. The van der Waals surface area contributed by atoms with Gasteiger partial charge >= 0.3 is 0 Å². The Hall–Kier alpha value is -1.62. The summed E-state index contributed by atoms with van der Waals surface area (Å²) in [4.78, 5) is 14.1. The molecule has 1 aromatic rings. The summed E-state index contributed by atoms with van der Waals surface area (Å²) in [5, 5.41) is 0. The molecule has 1 saturated heterocycles. The van der Waals surface area contributed by atoms with Crippen LogP contribution in [0.25, 0.3) is 0 Å². The third-order valence-corrected chi connectivity index (χ3v) is 4.11. The number of ether oxygens (including phenoxy) is 1. The summed E-state index contributed by atoms with van der Waals surface area (Å²) in [5.74, 6) is -0.213. The van der Waals surface area contributed by atoms with Crippen molar-refractivity contribution in [3.63, 3.8) is 0 Å². The lowest BCUT2D eigenvalue weighted by atomic mass is 9.95. The standard InChI is InChI=1S/C15H21FN2O2/c1-9-4-5-18(8-14(9)20-3)15(19)11-6-12(16)10(2)13(17)7-11/h6-7,9,14H,4-5,8,17H2,1-3H3. The first-order chi connectivity index (χ1) is 9.43. The summed E-state index contributed by atoms with van der Waals surface area (Å²) in [7, 11) is 1.65. The molecule has 5 heteroatoms. The molecule has 2 unspecified atom stereocenters. The van der Waals surface area contributed by atoms with Gasteiger partial charge in [-0.3, -0.25) is 4.79 Å². The average Bonchev–Trinajstić information content (AvgIpc) is 2.44. The van der Waals surface area contributed by atoms with Crippen LogP contribution in [0.1, 0.15) is 29.3 Å². The highest BCUT2D eigenvalue weighted by molar-refractivity contribution is 5.95. The van der Waals surface area contributed by atoms with Crippen LogP contribution in [0.15, 0.2) is 12.1 Å². The number of carbonyl (C=O) groups is 1. The van der Waals surface area contributed by atoms with Crippen LogP contribution in [0.4, 0.5) is 10.1 Å². The van der Waals surface area contributed by atoms with Gasteiger partial charge in [0.25, 0.3) is 5.91 Å². The summed E-state index contributed by atoms with van der Waals surface area (Å²) >= 11 is 0. The van der Waals surface area contributed by atoms with Crippen molar-refractivity contribution < 1.29 is 13.9 Å². The molecule has 2 atom stereocenters. The van der Waals surface area contributed by atoms with E-state index < -0.39 is 5.82 Å². The molecule has 1 fully saturated rings. The molecule has 1 aliphatic rings. The number of carbonyl (C=O) groups excluding carboxylic acids is 1. The van der Waals surface area contributed by atoms with E-state index in [0.29, 0.717) is 35.8 Å². The van der Waals surface area contributed by atoms with Gasteiger partial charge in [0.15, 0.2) is 0 Å². The molecule has 0 saturated carbocycles. The van der Waals surface area contributed by atoms with Crippen LogP contribution in [0.3, 0.4) is 0 Å². The second-order valence-electron chi connectivity index (χ2n) is 5.46. The SMILES string of the molecule is COC1CN(C(=O)c2cc(N)c(C)c(F)c2)CCC1C. The molecule has 20 heavy (non-hydrogen) atoms. The fourth-order valence-corrected chi connectivity index (χ4v) is 2.53. The maximum absolute atomic E-state index is 13.7. The first-order valence-electron chi connectivity index (χ1n) is 6.81. The van der Waals surface area contributed by atoms with Gasteiger partial charge in [-0.15, -0.1) is 0 Å². The normalized spacial score (nSPS) is 22.9. The molecule has 1 heterocycles. The summed E-state index contributed by atoms with van der Waals surface area (Å²) in [6.45, 7) is 4.91. The number of anilines is 1. The van der Waals surface area contributed by atoms with Crippen LogP contribution >= 0.6 is 0 Å². The van der Waals surface area contributed by atoms with Crippen LogP contribution in [0, 0.1) is 18.7 Å². The minimum Gasteiger partial charge on any atom is -0.398 e. The maximum atomic E-state index is 13.7. The van der Waals surface area contributed by atoms with Gasteiger partial charge in [0.05, 0.1) is 6.10 Å². The molecule has 1 aliphatic heterocycles. The van der Waals surface area contributed by atoms with E-state index >= 15 is 0 Å². The first-order valence-corrected chi connectivity index (χ1v) is 6.81. The molecule has 0 aliphatic carbocycles. The number of nitrogens with two attached hydrogens (primary N) is 1. The van der Waals surface area contributed by atoms with Gasteiger partial charge in [-0.05, 0) is 31.4 Å². The number of nitrogens with zero attached hydrogens (tertiary/aromatic N) is 1. The molecular formula is C15H21FN2O2. The minimum absolute atomic E-state index is 0.0281. The number of piperidine rings is 1. The monoisotopic (exact) mass is 280 g/mol. The minimum atomic E-state index is -0.443. The molecule has 1 aromatic carbocycles. The number of amides is 1. The molecule has 4 nitrogen and oxygen atoms in total. The fraction of sp³-hybridized carbons (Fsp3) is 0.533.